The van der Waals surface area contributed by atoms with Gasteiger partial charge in [0.2, 0.25) is 5.91 Å². The lowest BCUT2D eigenvalue weighted by molar-refractivity contribution is -0.132. The van der Waals surface area contributed by atoms with Gasteiger partial charge in [0, 0.05) is 32.6 Å². The van der Waals surface area contributed by atoms with Crippen LogP contribution in [0.2, 0.25) is 0 Å². The van der Waals surface area contributed by atoms with Gasteiger partial charge >= 0.3 is 0 Å². The van der Waals surface area contributed by atoms with Gasteiger partial charge < -0.3 is 15.0 Å². The van der Waals surface area contributed by atoms with E-state index >= 15 is 0 Å². The van der Waals surface area contributed by atoms with Crippen LogP contribution in [-0.2, 0) is 9.53 Å². The van der Waals surface area contributed by atoms with Gasteiger partial charge in [-0.15, -0.1) is 12.4 Å². The van der Waals surface area contributed by atoms with Crippen molar-refractivity contribution in [2.75, 3.05) is 33.4 Å². The third-order valence-corrected chi connectivity index (χ3v) is 2.56. The van der Waals surface area contributed by atoms with Gasteiger partial charge in [0.1, 0.15) is 0 Å². The highest BCUT2D eigenvalue weighted by atomic mass is 35.5. The molecule has 0 aromatic carbocycles. The predicted octanol–water partition coefficient (Wildman–Crippen LogP) is 1.29. The summed E-state index contributed by atoms with van der Waals surface area (Å²) in [7, 11) is 1.87. The summed E-state index contributed by atoms with van der Waals surface area (Å²) >= 11 is 0. The zero-order valence-corrected chi connectivity index (χ0v) is 12.1. The molecule has 4 nitrogen and oxygen atoms in total. The minimum Gasteiger partial charge on any atom is -0.378 e. The number of carbonyl (C=O) groups is 1. The van der Waals surface area contributed by atoms with Crippen molar-refractivity contribution in [1.82, 2.24) is 10.2 Å². The van der Waals surface area contributed by atoms with Gasteiger partial charge in [0.05, 0.1) is 13.2 Å². The topological polar surface area (TPSA) is 41.6 Å². The first-order chi connectivity index (χ1) is 7.38. The van der Waals surface area contributed by atoms with Crippen LogP contribution in [0.3, 0.4) is 0 Å². The van der Waals surface area contributed by atoms with Crippen molar-refractivity contribution in [3.8, 4) is 0 Å². The molecule has 0 radical (unpaired) electrons. The lowest BCUT2D eigenvalue weighted by Gasteiger charge is -2.29. The molecule has 1 unspecified atom stereocenters. The second-order valence-corrected chi connectivity index (χ2v) is 5.74. The van der Waals surface area contributed by atoms with Crippen molar-refractivity contribution in [3.63, 3.8) is 0 Å². The number of morpholine rings is 1. The maximum absolute atomic E-state index is 11.9. The standard InChI is InChI=1S/C12H24N2O2.ClH/c1-12(2,3)9-14(4)11(15)7-10-8-16-6-5-13-10;/h10,13H,5-9H2,1-4H3;1H. The summed E-state index contributed by atoms with van der Waals surface area (Å²) in [5.74, 6) is 0.193. The smallest absolute Gasteiger partial charge is 0.223 e. The molecule has 1 heterocycles. The predicted molar refractivity (Wildman–Crippen MR) is 71.6 cm³/mol. The normalized spacial score (nSPS) is 20.6. The molecular formula is C12H25ClN2O2. The number of carbonyl (C=O) groups excluding carboxylic acids is 1. The van der Waals surface area contributed by atoms with Crippen LogP contribution < -0.4 is 5.32 Å². The minimum absolute atomic E-state index is 0. The highest BCUT2D eigenvalue weighted by molar-refractivity contribution is 5.85. The zero-order chi connectivity index (χ0) is 12.2. The Kier molecular flexibility index (Phi) is 7.05. The zero-order valence-electron chi connectivity index (χ0n) is 11.3. The van der Waals surface area contributed by atoms with Crippen LogP contribution in [-0.4, -0.2) is 50.2 Å². The molecule has 1 fully saturated rings. The Bertz CT molecular complexity index is 235. The maximum Gasteiger partial charge on any atom is 0.223 e. The van der Waals surface area contributed by atoms with Crippen molar-refractivity contribution < 1.29 is 9.53 Å². The molecule has 0 aromatic heterocycles. The fourth-order valence-electron chi connectivity index (χ4n) is 1.92. The largest absolute Gasteiger partial charge is 0.378 e. The van der Waals surface area contributed by atoms with Crippen LogP contribution in [0.5, 0.6) is 0 Å². The average molecular weight is 265 g/mol. The first-order valence-electron chi connectivity index (χ1n) is 5.93. The second kappa shape index (κ2) is 7.19. The molecule has 0 aromatic rings. The first kappa shape index (κ1) is 16.7. The fraction of sp³-hybridized carbons (Fsp3) is 0.917. The van der Waals surface area contributed by atoms with E-state index in [0.717, 1.165) is 19.7 Å². The van der Waals surface area contributed by atoms with Crippen LogP contribution in [0.1, 0.15) is 27.2 Å². The molecule has 17 heavy (non-hydrogen) atoms. The number of rotatable bonds is 3. The number of hydrogen-bond donors (Lipinski definition) is 1. The maximum atomic E-state index is 11.9. The number of amides is 1. The molecule has 1 saturated heterocycles. The number of hydrogen-bond acceptors (Lipinski definition) is 3. The van der Waals surface area contributed by atoms with Crippen molar-refractivity contribution in [3.05, 3.63) is 0 Å². The molecule has 0 saturated carbocycles. The van der Waals surface area contributed by atoms with Crippen LogP contribution in [0, 0.1) is 5.41 Å². The van der Waals surface area contributed by atoms with E-state index in [1.165, 1.54) is 0 Å². The third kappa shape index (κ3) is 6.86. The molecule has 1 aliphatic heterocycles. The first-order valence-corrected chi connectivity index (χ1v) is 5.93. The Hall–Kier alpha value is -0.320. The van der Waals surface area contributed by atoms with Gasteiger partial charge in [0.15, 0.2) is 0 Å². The van der Waals surface area contributed by atoms with Crippen LogP contribution in [0.25, 0.3) is 0 Å². The monoisotopic (exact) mass is 264 g/mol. The Labute approximate surface area is 110 Å². The number of ether oxygens (including phenoxy) is 1. The summed E-state index contributed by atoms with van der Waals surface area (Å²) in [4.78, 5) is 13.7. The van der Waals surface area contributed by atoms with Gasteiger partial charge in [-0.25, -0.2) is 0 Å². The van der Waals surface area contributed by atoms with Crippen molar-refractivity contribution in [2.24, 2.45) is 5.41 Å². The Morgan fingerprint density at radius 2 is 2.12 bits per heavy atom. The van der Waals surface area contributed by atoms with Gasteiger partial charge in [-0.3, -0.25) is 4.79 Å². The third-order valence-electron chi connectivity index (χ3n) is 2.56. The van der Waals surface area contributed by atoms with Gasteiger partial charge in [-0.1, -0.05) is 20.8 Å². The quantitative estimate of drug-likeness (QED) is 0.835. The fourth-order valence-corrected chi connectivity index (χ4v) is 1.92. The van der Waals surface area contributed by atoms with E-state index in [2.05, 4.69) is 26.1 Å². The van der Waals surface area contributed by atoms with E-state index in [1.807, 2.05) is 11.9 Å². The molecule has 1 atom stereocenters. The van der Waals surface area contributed by atoms with E-state index in [4.69, 9.17) is 4.74 Å². The highest BCUT2D eigenvalue weighted by Gasteiger charge is 2.22. The molecule has 5 heteroatoms. The summed E-state index contributed by atoms with van der Waals surface area (Å²) in [5, 5.41) is 3.30. The van der Waals surface area contributed by atoms with Gasteiger partial charge in [0.25, 0.3) is 0 Å². The molecule has 0 aliphatic carbocycles. The summed E-state index contributed by atoms with van der Waals surface area (Å²) in [6.07, 6.45) is 0.534. The van der Waals surface area contributed by atoms with E-state index < -0.39 is 0 Å². The van der Waals surface area contributed by atoms with E-state index in [-0.39, 0.29) is 29.8 Å². The van der Waals surface area contributed by atoms with Crippen LogP contribution in [0.15, 0.2) is 0 Å². The van der Waals surface area contributed by atoms with Crippen LogP contribution in [0.4, 0.5) is 0 Å². The summed E-state index contributed by atoms with van der Waals surface area (Å²) < 4.78 is 5.33. The molecule has 0 bridgehead atoms. The van der Waals surface area contributed by atoms with E-state index in [0.29, 0.717) is 13.0 Å². The van der Waals surface area contributed by atoms with Crippen molar-refractivity contribution in [1.29, 1.82) is 0 Å². The molecule has 102 valence electrons. The molecular weight excluding hydrogens is 240 g/mol. The second-order valence-electron chi connectivity index (χ2n) is 5.74. The summed E-state index contributed by atoms with van der Waals surface area (Å²) in [6, 6.07) is 0.184. The Morgan fingerprint density at radius 3 is 2.59 bits per heavy atom. The molecule has 0 spiro atoms. The number of nitrogens with one attached hydrogen (secondary N) is 1. The minimum atomic E-state index is 0. The van der Waals surface area contributed by atoms with Crippen molar-refractivity contribution in [2.45, 2.75) is 33.2 Å². The average Bonchev–Trinajstić information content (AvgIpc) is 2.16. The van der Waals surface area contributed by atoms with Crippen LogP contribution >= 0.6 is 12.4 Å². The van der Waals surface area contributed by atoms with Gasteiger partial charge in [-0.2, -0.15) is 0 Å². The lowest BCUT2D eigenvalue weighted by Crippen LogP contribution is -2.45. The highest BCUT2D eigenvalue weighted by Crippen LogP contribution is 2.15. The Morgan fingerprint density at radius 1 is 1.47 bits per heavy atom. The van der Waals surface area contributed by atoms with E-state index in [9.17, 15) is 4.79 Å². The Balaban J connectivity index is 0.00000256. The lowest BCUT2D eigenvalue weighted by atomic mass is 9.96. The molecule has 1 N–H and O–H groups in total. The molecule has 1 rings (SSSR count). The molecule has 1 amide bonds. The summed E-state index contributed by atoms with van der Waals surface area (Å²) in [6.45, 7) is 9.45. The molecule has 1 aliphatic rings. The summed E-state index contributed by atoms with van der Waals surface area (Å²) in [5.41, 5.74) is 0.154. The number of nitrogens with zero attached hydrogens (tertiary/aromatic N) is 1. The van der Waals surface area contributed by atoms with Gasteiger partial charge in [-0.05, 0) is 5.41 Å². The SMILES string of the molecule is CN(CC(C)(C)C)C(=O)CC1COCCN1.Cl. The number of halogens is 1. The van der Waals surface area contributed by atoms with E-state index in [1.54, 1.807) is 0 Å². The van der Waals surface area contributed by atoms with Crippen molar-refractivity contribution >= 4 is 18.3 Å².